The van der Waals surface area contributed by atoms with Crippen LogP contribution in [0.25, 0.3) is 22.4 Å². The summed E-state index contributed by atoms with van der Waals surface area (Å²) in [6.45, 7) is 4.93. The molecule has 0 radical (unpaired) electrons. The van der Waals surface area contributed by atoms with Crippen molar-refractivity contribution in [3.8, 4) is 11.3 Å². The van der Waals surface area contributed by atoms with Crippen molar-refractivity contribution in [2.45, 2.75) is 13.0 Å². The zero-order valence-corrected chi connectivity index (χ0v) is 16.6. The van der Waals surface area contributed by atoms with E-state index in [9.17, 15) is 0 Å². The molecule has 0 spiro atoms. The van der Waals surface area contributed by atoms with Crippen LogP contribution in [0.3, 0.4) is 0 Å². The summed E-state index contributed by atoms with van der Waals surface area (Å²) in [6, 6.07) is 10.4. The first kappa shape index (κ1) is 18.4. The first-order valence-electron chi connectivity index (χ1n) is 9.91. The van der Waals surface area contributed by atoms with Gasteiger partial charge in [-0.3, -0.25) is 0 Å². The molecule has 9 heteroatoms. The molecule has 2 N–H and O–H groups in total. The fraction of sp³-hybridized carbons (Fsp3) is 0.286. The predicted molar refractivity (Wildman–Crippen MR) is 114 cm³/mol. The zero-order chi connectivity index (χ0) is 20.5. The zero-order valence-electron chi connectivity index (χ0n) is 16.6. The van der Waals surface area contributed by atoms with Gasteiger partial charge in [0.05, 0.1) is 25.6 Å². The van der Waals surface area contributed by atoms with Gasteiger partial charge >= 0.3 is 0 Å². The third-order valence-electron chi connectivity index (χ3n) is 5.35. The fourth-order valence-corrected chi connectivity index (χ4v) is 3.65. The van der Waals surface area contributed by atoms with E-state index >= 15 is 0 Å². The van der Waals surface area contributed by atoms with Gasteiger partial charge in [-0.15, -0.1) is 0 Å². The van der Waals surface area contributed by atoms with Gasteiger partial charge in [0.15, 0.2) is 5.65 Å². The highest BCUT2D eigenvalue weighted by molar-refractivity contribution is 5.88. The van der Waals surface area contributed by atoms with Crippen LogP contribution in [0, 0.1) is 0 Å². The number of fused-ring (bicyclic) bond motifs is 1. The lowest BCUT2D eigenvalue weighted by atomic mass is 10.1. The highest BCUT2D eigenvalue weighted by Gasteiger charge is 2.22. The highest BCUT2D eigenvalue weighted by atomic mass is 16.5. The van der Waals surface area contributed by atoms with E-state index in [1.54, 1.807) is 12.4 Å². The highest BCUT2D eigenvalue weighted by Crippen LogP contribution is 2.30. The molecule has 3 aromatic heterocycles. The van der Waals surface area contributed by atoms with E-state index in [2.05, 4.69) is 43.5 Å². The Kier molecular flexibility index (Phi) is 4.72. The lowest BCUT2D eigenvalue weighted by Crippen LogP contribution is -2.37. The van der Waals surface area contributed by atoms with Gasteiger partial charge in [0.1, 0.15) is 11.2 Å². The van der Waals surface area contributed by atoms with Crippen molar-refractivity contribution in [2.24, 2.45) is 0 Å². The first-order valence-corrected chi connectivity index (χ1v) is 9.91. The summed E-state index contributed by atoms with van der Waals surface area (Å²) >= 11 is 0. The fourth-order valence-electron chi connectivity index (χ4n) is 3.65. The molecule has 1 atom stereocenters. The Labute approximate surface area is 173 Å². The van der Waals surface area contributed by atoms with Crippen LogP contribution < -0.4 is 10.6 Å². The Hall–Kier alpha value is -3.59. The third kappa shape index (κ3) is 3.33. The number of ether oxygens (including phenoxy) is 1. The lowest BCUT2D eigenvalue weighted by Gasteiger charge is -2.27. The molecular weight excluding hydrogens is 380 g/mol. The summed E-state index contributed by atoms with van der Waals surface area (Å²) in [7, 11) is 0. The van der Waals surface area contributed by atoms with Gasteiger partial charge in [-0.2, -0.15) is 4.98 Å². The molecule has 0 aliphatic carbocycles. The monoisotopic (exact) mass is 402 g/mol. The van der Waals surface area contributed by atoms with Crippen molar-refractivity contribution in [1.29, 1.82) is 0 Å². The molecule has 1 unspecified atom stereocenters. The van der Waals surface area contributed by atoms with Gasteiger partial charge in [-0.05, 0) is 12.5 Å². The molecule has 4 heterocycles. The van der Waals surface area contributed by atoms with Crippen LogP contribution in [-0.4, -0.2) is 55.8 Å². The number of aromatic nitrogens is 6. The number of hydrogen-bond donors (Lipinski definition) is 1. The number of benzene rings is 1. The van der Waals surface area contributed by atoms with Crippen molar-refractivity contribution >= 4 is 23.1 Å². The quantitative estimate of drug-likeness (QED) is 0.554. The van der Waals surface area contributed by atoms with Crippen LogP contribution in [0.1, 0.15) is 18.5 Å². The molecular formula is C21H22N8O. The van der Waals surface area contributed by atoms with Crippen molar-refractivity contribution in [3.63, 3.8) is 0 Å². The van der Waals surface area contributed by atoms with E-state index in [0.717, 1.165) is 24.3 Å². The molecule has 0 bridgehead atoms. The Morgan fingerprint density at radius 3 is 2.47 bits per heavy atom. The molecule has 0 saturated carbocycles. The minimum atomic E-state index is 0.0687. The van der Waals surface area contributed by atoms with Crippen LogP contribution in [0.15, 0.2) is 49.1 Å². The molecule has 1 saturated heterocycles. The average molecular weight is 402 g/mol. The molecule has 1 fully saturated rings. The summed E-state index contributed by atoms with van der Waals surface area (Å²) in [5, 5.41) is 0. The maximum Gasteiger partial charge on any atom is 0.228 e. The summed E-state index contributed by atoms with van der Waals surface area (Å²) in [5.74, 6) is 0.875. The van der Waals surface area contributed by atoms with Crippen molar-refractivity contribution in [3.05, 3.63) is 54.6 Å². The van der Waals surface area contributed by atoms with Crippen molar-refractivity contribution in [1.82, 2.24) is 29.5 Å². The number of nitrogen functional groups attached to an aromatic ring is 1. The van der Waals surface area contributed by atoms with Crippen LogP contribution >= 0.6 is 0 Å². The molecule has 0 amide bonds. The molecule has 5 rings (SSSR count). The van der Waals surface area contributed by atoms with Gasteiger partial charge in [0.25, 0.3) is 0 Å². The second kappa shape index (κ2) is 7.68. The van der Waals surface area contributed by atoms with E-state index in [1.807, 2.05) is 24.5 Å². The number of hydrogen-bond acceptors (Lipinski definition) is 8. The van der Waals surface area contributed by atoms with Crippen LogP contribution in [0.4, 0.5) is 11.9 Å². The number of rotatable bonds is 4. The lowest BCUT2D eigenvalue weighted by molar-refractivity contribution is 0.122. The molecule has 1 aromatic carbocycles. The molecule has 4 aromatic rings. The molecule has 152 valence electrons. The van der Waals surface area contributed by atoms with E-state index < -0.39 is 0 Å². The van der Waals surface area contributed by atoms with Gasteiger partial charge < -0.3 is 19.9 Å². The van der Waals surface area contributed by atoms with Crippen LogP contribution in [0.2, 0.25) is 0 Å². The van der Waals surface area contributed by atoms with Gasteiger partial charge in [0, 0.05) is 31.0 Å². The van der Waals surface area contributed by atoms with Gasteiger partial charge in [-0.1, -0.05) is 30.3 Å². The maximum absolute atomic E-state index is 5.68. The molecule has 30 heavy (non-hydrogen) atoms. The topological polar surface area (TPSA) is 108 Å². The summed E-state index contributed by atoms with van der Waals surface area (Å²) < 4.78 is 7.57. The Morgan fingerprint density at radius 2 is 1.73 bits per heavy atom. The Balaban J connectivity index is 1.68. The summed E-state index contributed by atoms with van der Waals surface area (Å²) in [4.78, 5) is 24.8. The average Bonchev–Trinajstić information content (AvgIpc) is 3.24. The minimum absolute atomic E-state index is 0.0687. The van der Waals surface area contributed by atoms with Crippen LogP contribution in [-0.2, 0) is 4.74 Å². The molecule has 9 nitrogen and oxygen atoms in total. The van der Waals surface area contributed by atoms with E-state index in [-0.39, 0.29) is 12.0 Å². The van der Waals surface area contributed by atoms with Crippen molar-refractivity contribution < 1.29 is 4.74 Å². The van der Waals surface area contributed by atoms with Crippen LogP contribution in [0.5, 0.6) is 0 Å². The predicted octanol–water partition coefficient (Wildman–Crippen LogP) is 2.31. The number of anilines is 2. The summed E-state index contributed by atoms with van der Waals surface area (Å²) in [6.07, 6.45) is 5.17. The van der Waals surface area contributed by atoms with E-state index in [1.165, 1.54) is 5.56 Å². The Morgan fingerprint density at radius 1 is 1.00 bits per heavy atom. The second-order valence-corrected chi connectivity index (χ2v) is 7.21. The first-order chi connectivity index (χ1) is 14.7. The number of morpholine rings is 1. The maximum atomic E-state index is 5.68. The molecule has 1 aliphatic heterocycles. The Bertz CT molecular complexity index is 1150. The number of nitrogens with zero attached hydrogens (tertiary/aromatic N) is 7. The second-order valence-electron chi connectivity index (χ2n) is 7.21. The SMILES string of the molecule is CC(c1ccccc1)n1cnc2c(-c3cnc(N)nc3)nc(N3CCOCC3)nc21. The minimum Gasteiger partial charge on any atom is -0.378 e. The number of nitrogens with two attached hydrogens (primary N) is 1. The number of imidazole rings is 1. The third-order valence-corrected chi connectivity index (χ3v) is 5.35. The van der Waals surface area contributed by atoms with E-state index in [0.29, 0.717) is 30.4 Å². The summed E-state index contributed by atoms with van der Waals surface area (Å²) in [5.41, 5.74) is 9.79. The standard InChI is InChI=1S/C21H22N8O/c1-14(15-5-3-2-4-6-15)29-13-25-18-17(16-11-23-20(22)24-12-16)26-21(27-19(18)29)28-7-9-30-10-8-28/h2-6,11-14H,7-10H2,1H3,(H2,22,23,24). The van der Waals surface area contributed by atoms with E-state index in [4.69, 9.17) is 20.4 Å². The van der Waals surface area contributed by atoms with Gasteiger partial charge in [-0.25, -0.2) is 19.9 Å². The smallest absolute Gasteiger partial charge is 0.228 e. The molecule has 1 aliphatic rings. The normalized spacial score (nSPS) is 15.4. The van der Waals surface area contributed by atoms with Crippen molar-refractivity contribution in [2.75, 3.05) is 36.9 Å². The largest absolute Gasteiger partial charge is 0.378 e. The van der Waals surface area contributed by atoms with Gasteiger partial charge in [0.2, 0.25) is 11.9 Å².